The van der Waals surface area contributed by atoms with Crippen LogP contribution < -0.4 is 9.44 Å². The second kappa shape index (κ2) is 13.7. The Morgan fingerprint density at radius 1 is 0.767 bits per heavy atom. The smallest absolute Gasteiger partial charge is 0.338 e. The van der Waals surface area contributed by atoms with Crippen LogP contribution in [-0.2, 0) is 48.7 Å². The van der Waals surface area contributed by atoms with Crippen LogP contribution in [0.1, 0.15) is 47.0 Å². The van der Waals surface area contributed by atoms with Crippen LogP contribution in [0, 0.1) is 59.2 Å². The minimum Gasteiger partial charge on any atom is -0.393 e. The Kier molecular flexibility index (Phi) is 11.2. The summed E-state index contributed by atoms with van der Waals surface area (Å²) in [5.41, 5.74) is 0. The Balaban J connectivity index is 0.000000203. The van der Waals surface area contributed by atoms with Crippen LogP contribution in [0.5, 0.6) is 0 Å². The topological polar surface area (TPSA) is 179 Å². The molecule has 10 atom stereocenters. The Morgan fingerprint density at radius 3 is 1.74 bits per heavy atom. The van der Waals surface area contributed by atoms with Gasteiger partial charge in [0, 0.05) is 25.2 Å². The molecule has 2 aliphatic heterocycles. The van der Waals surface area contributed by atoms with E-state index in [0.717, 1.165) is 43.6 Å². The van der Waals surface area contributed by atoms with Gasteiger partial charge in [-0.3, -0.25) is 9.59 Å². The molecule has 1 saturated heterocycles. The van der Waals surface area contributed by atoms with Crippen LogP contribution >= 0.6 is 0 Å². The number of hydrogen-bond donors (Lipinski definition) is 2. The molecule has 6 rings (SSSR count). The zero-order valence-electron chi connectivity index (χ0n) is 24.2. The van der Waals surface area contributed by atoms with E-state index >= 15 is 0 Å². The molecule has 3 saturated carbocycles. The fourth-order valence-electron chi connectivity index (χ4n) is 7.69. The molecule has 2 heterocycles. The molecule has 0 spiro atoms. The molecular formula is C29H44N2O10S2. The number of cyclic esters (lactones) is 4. The fraction of sp³-hybridized carbons (Fsp3) is 0.724. The standard InChI is InChI=1S/C15H23NO5S.C9H15NO2S.C4H2O3.CH4/c1-7-9-4-10(6-16-22(3,19)20)11(5-9)12(7)13-8(2)14(17)21-15(13)18;1-13(11,12)10-6-9-5-7-2-3-8(9)4-7;5-3-1-2-4(6)7-3;/h7-13,16H,4-6H2,1-3H3;2-3,7-10H,4-6H2,1H3;1-2H;1H4. The Morgan fingerprint density at radius 2 is 1.35 bits per heavy atom. The average molecular weight is 645 g/mol. The van der Waals surface area contributed by atoms with Crippen molar-refractivity contribution >= 4 is 43.9 Å². The van der Waals surface area contributed by atoms with Crippen LogP contribution in [0.2, 0.25) is 0 Å². The number of nitrogens with one attached hydrogen (secondary N) is 2. The van der Waals surface area contributed by atoms with E-state index in [1.807, 2.05) is 0 Å². The number of carbonyl (C=O) groups excluding carboxylic acids is 4. The first kappa shape index (κ1) is 35.1. The number of ether oxygens (including phenoxy) is 2. The maximum atomic E-state index is 12.1. The van der Waals surface area contributed by atoms with E-state index in [-0.39, 0.29) is 31.1 Å². The van der Waals surface area contributed by atoms with Gasteiger partial charge in [-0.2, -0.15) is 0 Å². The molecule has 12 nitrogen and oxygen atoms in total. The van der Waals surface area contributed by atoms with Crippen LogP contribution in [0.25, 0.3) is 0 Å². The lowest BCUT2D eigenvalue weighted by molar-refractivity contribution is -0.155. The molecule has 242 valence electrons. The molecule has 0 radical (unpaired) electrons. The molecule has 4 aliphatic carbocycles. The highest BCUT2D eigenvalue weighted by molar-refractivity contribution is 7.89. The quantitative estimate of drug-likeness (QED) is 0.236. The second-order valence-electron chi connectivity index (χ2n) is 12.5. The number of fused-ring (bicyclic) bond motifs is 4. The lowest BCUT2D eigenvalue weighted by Crippen LogP contribution is -2.40. The predicted molar refractivity (Wildman–Crippen MR) is 158 cm³/mol. The second-order valence-corrected chi connectivity index (χ2v) is 16.2. The van der Waals surface area contributed by atoms with Crippen LogP contribution in [0.3, 0.4) is 0 Å². The summed E-state index contributed by atoms with van der Waals surface area (Å²) in [5.74, 6) is 0.711. The maximum absolute atomic E-state index is 12.1. The van der Waals surface area contributed by atoms with E-state index < -0.39 is 43.9 Å². The van der Waals surface area contributed by atoms with Crippen molar-refractivity contribution in [2.24, 2.45) is 59.2 Å². The van der Waals surface area contributed by atoms with Crippen LogP contribution in [0.15, 0.2) is 24.3 Å². The van der Waals surface area contributed by atoms with Crippen LogP contribution in [-0.4, -0.2) is 66.3 Å². The first-order chi connectivity index (χ1) is 19.5. The number of carbonyl (C=O) groups is 4. The average Bonchev–Trinajstić information content (AvgIpc) is 3.72. The largest absolute Gasteiger partial charge is 0.393 e. The summed E-state index contributed by atoms with van der Waals surface area (Å²) in [6, 6.07) is 0. The monoisotopic (exact) mass is 644 g/mol. The molecule has 0 aromatic carbocycles. The molecule has 43 heavy (non-hydrogen) atoms. The lowest BCUT2D eigenvalue weighted by atomic mass is 9.66. The normalized spacial score (nSPS) is 36.9. The Labute approximate surface area is 254 Å². The van der Waals surface area contributed by atoms with E-state index in [0.29, 0.717) is 42.7 Å². The van der Waals surface area contributed by atoms with Gasteiger partial charge in [0.2, 0.25) is 20.0 Å². The third-order valence-corrected chi connectivity index (χ3v) is 11.0. The highest BCUT2D eigenvalue weighted by atomic mass is 32.2. The zero-order chi connectivity index (χ0) is 31.0. The van der Waals surface area contributed by atoms with Gasteiger partial charge in [-0.1, -0.05) is 33.4 Å². The molecule has 14 heteroatoms. The molecule has 2 N–H and O–H groups in total. The van der Waals surface area contributed by atoms with Gasteiger partial charge in [0.1, 0.15) is 0 Å². The number of hydrogen-bond acceptors (Lipinski definition) is 10. The third kappa shape index (κ3) is 8.83. The lowest BCUT2D eigenvalue weighted by Gasteiger charge is -2.37. The Hall–Kier alpha value is -2.42. The number of esters is 4. The van der Waals surface area contributed by atoms with E-state index in [2.05, 4.69) is 33.3 Å². The van der Waals surface area contributed by atoms with Crippen molar-refractivity contribution in [1.82, 2.24) is 9.44 Å². The van der Waals surface area contributed by atoms with E-state index in [4.69, 9.17) is 4.74 Å². The van der Waals surface area contributed by atoms with Gasteiger partial charge in [-0.25, -0.2) is 35.9 Å². The molecule has 0 amide bonds. The van der Waals surface area contributed by atoms with Gasteiger partial charge in [0.25, 0.3) is 0 Å². The summed E-state index contributed by atoms with van der Waals surface area (Å²) in [5, 5.41) is 0. The van der Waals surface area contributed by atoms with Crippen molar-refractivity contribution < 1.29 is 45.5 Å². The molecule has 6 aliphatic rings. The van der Waals surface area contributed by atoms with E-state index in [1.54, 1.807) is 6.92 Å². The Bertz CT molecular complexity index is 1360. The maximum Gasteiger partial charge on any atom is 0.338 e. The molecule has 0 aromatic rings. The van der Waals surface area contributed by atoms with Gasteiger partial charge in [-0.05, 0) is 73.0 Å². The highest BCUT2D eigenvalue weighted by Gasteiger charge is 2.58. The summed E-state index contributed by atoms with van der Waals surface area (Å²) in [7, 11) is -6.21. The van der Waals surface area contributed by atoms with E-state index in [1.165, 1.54) is 12.7 Å². The zero-order valence-corrected chi connectivity index (χ0v) is 25.9. The van der Waals surface area contributed by atoms with E-state index in [9.17, 15) is 36.0 Å². The predicted octanol–water partition coefficient (Wildman–Crippen LogP) is 1.79. The van der Waals surface area contributed by atoms with Crippen molar-refractivity contribution in [3.8, 4) is 0 Å². The summed E-state index contributed by atoms with van der Waals surface area (Å²) in [6.07, 6.45) is 13.5. The number of allylic oxidation sites excluding steroid dienone is 2. The summed E-state index contributed by atoms with van der Waals surface area (Å²) in [4.78, 5) is 43.6. The molecule has 4 fully saturated rings. The third-order valence-electron chi connectivity index (χ3n) is 9.62. The molecule has 10 unspecified atom stereocenters. The van der Waals surface area contributed by atoms with Gasteiger partial charge >= 0.3 is 23.9 Å². The van der Waals surface area contributed by atoms with Crippen molar-refractivity contribution in [3.05, 3.63) is 24.3 Å². The fourth-order valence-corrected chi connectivity index (χ4v) is 8.72. The van der Waals surface area contributed by atoms with Crippen molar-refractivity contribution in [3.63, 3.8) is 0 Å². The van der Waals surface area contributed by atoms with Gasteiger partial charge in [0.15, 0.2) is 0 Å². The number of sulfonamides is 2. The minimum atomic E-state index is -3.20. The highest BCUT2D eigenvalue weighted by Crippen LogP contribution is 2.59. The molecule has 4 bridgehead atoms. The summed E-state index contributed by atoms with van der Waals surface area (Å²) >= 11 is 0. The van der Waals surface area contributed by atoms with Crippen molar-refractivity contribution in [2.75, 3.05) is 25.6 Å². The van der Waals surface area contributed by atoms with Crippen molar-refractivity contribution in [2.45, 2.75) is 47.0 Å². The minimum absolute atomic E-state index is 0. The van der Waals surface area contributed by atoms with Crippen molar-refractivity contribution in [1.29, 1.82) is 0 Å². The SMILES string of the molecule is C.CC1C(=O)OC(=O)C1C1C(C)C2CC(CNS(C)(=O)=O)C1C2.CS(=O)(=O)NCC1CC2C=CC1C2.O=C1C=CC(=O)O1. The molecule has 0 aromatic heterocycles. The first-order valence-electron chi connectivity index (χ1n) is 14.3. The summed E-state index contributed by atoms with van der Waals surface area (Å²) < 4.78 is 58.3. The summed E-state index contributed by atoms with van der Waals surface area (Å²) in [6.45, 7) is 4.95. The van der Waals surface area contributed by atoms with Crippen LogP contribution in [0.4, 0.5) is 0 Å². The van der Waals surface area contributed by atoms with Gasteiger partial charge in [-0.15, -0.1) is 0 Å². The molecular weight excluding hydrogens is 600 g/mol. The van der Waals surface area contributed by atoms with Gasteiger partial charge < -0.3 is 9.47 Å². The first-order valence-corrected chi connectivity index (χ1v) is 18.1. The van der Waals surface area contributed by atoms with Gasteiger partial charge in [0.05, 0.1) is 24.3 Å². The number of rotatable bonds is 7.